The van der Waals surface area contributed by atoms with E-state index in [1.807, 2.05) is 24.3 Å². The van der Waals surface area contributed by atoms with Gasteiger partial charge in [0.1, 0.15) is 5.75 Å². The highest BCUT2D eigenvalue weighted by Gasteiger charge is 2.30. The molecule has 0 radical (unpaired) electrons. The molecular weight excluding hydrogens is 397 g/mol. The summed E-state index contributed by atoms with van der Waals surface area (Å²) in [6.45, 7) is 1.70. The minimum absolute atomic E-state index is 0.0619. The molecule has 158 valence electrons. The molecule has 0 unspecified atom stereocenters. The Hall–Kier alpha value is -3.29. The van der Waals surface area contributed by atoms with E-state index in [1.165, 1.54) is 17.9 Å². The van der Waals surface area contributed by atoms with Crippen molar-refractivity contribution in [2.45, 2.75) is 32.5 Å². The summed E-state index contributed by atoms with van der Waals surface area (Å²) in [5.74, 6) is -0.735. The number of fused-ring (bicyclic) bond motifs is 1. The summed E-state index contributed by atoms with van der Waals surface area (Å²) >= 11 is 0. The maximum atomic E-state index is 12.8. The van der Waals surface area contributed by atoms with Crippen LogP contribution in [0.3, 0.4) is 0 Å². The van der Waals surface area contributed by atoms with Crippen molar-refractivity contribution < 1.29 is 27.5 Å². The van der Waals surface area contributed by atoms with E-state index in [2.05, 4.69) is 5.32 Å². The molecule has 1 aliphatic heterocycles. The molecule has 0 bridgehead atoms. The number of carbonyl (C=O) groups excluding carboxylic acids is 2. The summed E-state index contributed by atoms with van der Waals surface area (Å²) < 4.78 is 42.4. The molecule has 0 spiro atoms. The van der Waals surface area contributed by atoms with Gasteiger partial charge in [0.15, 0.2) is 6.61 Å². The zero-order chi connectivity index (χ0) is 21.9. The van der Waals surface area contributed by atoms with Crippen LogP contribution in [0.4, 0.5) is 18.9 Å². The van der Waals surface area contributed by atoms with Gasteiger partial charge in [-0.1, -0.05) is 30.3 Å². The average molecular weight is 418 g/mol. The summed E-state index contributed by atoms with van der Waals surface area (Å²) in [7, 11) is 0. The van der Waals surface area contributed by atoms with E-state index in [4.69, 9.17) is 4.74 Å². The molecule has 2 aromatic rings. The van der Waals surface area contributed by atoms with Gasteiger partial charge in [0.05, 0.1) is 18.2 Å². The van der Waals surface area contributed by atoms with Gasteiger partial charge in [-0.25, -0.2) is 0 Å². The normalized spacial score (nSPS) is 15.5. The number of alkyl halides is 3. The number of amides is 2. The third kappa shape index (κ3) is 5.20. The predicted molar refractivity (Wildman–Crippen MR) is 107 cm³/mol. The first-order chi connectivity index (χ1) is 14.1. The van der Waals surface area contributed by atoms with Crippen LogP contribution in [0.25, 0.3) is 6.08 Å². The lowest BCUT2D eigenvalue weighted by Gasteiger charge is -2.32. The quantitative estimate of drug-likeness (QED) is 0.756. The van der Waals surface area contributed by atoms with E-state index in [9.17, 15) is 22.8 Å². The number of benzene rings is 2. The SMILES string of the molecule is CC(=O)N1C=Cc2ccccc2[C@H]1CC(=O)Nc1cc(C)ccc1OCC(F)(F)F. The van der Waals surface area contributed by atoms with Crippen LogP contribution in [-0.2, 0) is 9.59 Å². The molecule has 5 nitrogen and oxygen atoms in total. The number of halogens is 3. The van der Waals surface area contributed by atoms with Gasteiger partial charge in [0.2, 0.25) is 11.8 Å². The number of carbonyl (C=O) groups is 2. The van der Waals surface area contributed by atoms with Crippen LogP contribution >= 0.6 is 0 Å². The molecule has 1 aliphatic rings. The summed E-state index contributed by atoms with van der Waals surface area (Å²) in [6, 6.07) is 11.4. The van der Waals surface area contributed by atoms with Crippen LogP contribution in [0.15, 0.2) is 48.7 Å². The van der Waals surface area contributed by atoms with Crippen molar-refractivity contribution in [2.24, 2.45) is 0 Å². The number of anilines is 1. The van der Waals surface area contributed by atoms with Gasteiger partial charge in [-0.05, 0) is 41.8 Å². The van der Waals surface area contributed by atoms with Crippen molar-refractivity contribution in [1.82, 2.24) is 4.90 Å². The second-order valence-electron chi connectivity index (χ2n) is 7.04. The van der Waals surface area contributed by atoms with Gasteiger partial charge in [0.25, 0.3) is 0 Å². The van der Waals surface area contributed by atoms with Crippen molar-refractivity contribution in [1.29, 1.82) is 0 Å². The number of aryl methyl sites for hydroxylation is 1. The van der Waals surface area contributed by atoms with Crippen molar-refractivity contribution in [3.63, 3.8) is 0 Å². The van der Waals surface area contributed by atoms with Crippen LogP contribution in [0, 0.1) is 6.92 Å². The Balaban J connectivity index is 1.80. The van der Waals surface area contributed by atoms with Crippen LogP contribution < -0.4 is 10.1 Å². The summed E-state index contributed by atoms with van der Waals surface area (Å²) in [6.07, 6.45) is -1.12. The zero-order valence-electron chi connectivity index (χ0n) is 16.5. The fraction of sp³-hybridized carbons (Fsp3) is 0.273. The second kappa shape index (κ2) is 8.61. The number of nitrogens with one attached hydrogen (secondary N) is 1. The molecule has 0 saturated heterocycles. The minimum atomic E-state index is -4.49. The Bertz CT molecular complexity index is 986. The first kappa shape index (κ1) is 21.4. The predicted octanol–water partition coefficient (Wildman–Crippen LogP) is 4.84. The van der Waals surface area contributed by atoms with Gasteiger partial charge in [-0.15, -0.1) is 0 Å². The molecule has 0 aliphatic carbocycles. The molecule has 1 N–H and O–H groups in total. The second-order valence-corrected chi connectivity index (χ2v) is 7.04. The molecule has 2 aromatic carbocycles. The van der Waals surface area contributed by atoms with Crippen LogP contribution in [-0.4, -0.2) is 29.5 Å². The topological polar surface area (TPSA) is 58.6 Å². The molecular formula is C22H21F3N2O3. The molecule has 8 heteroatoms. The first-order valence-corrected chi connectivity index (χ1v) is 9.30. The lowest BCUT2D eigenvalue weighted by atomic mass is 9.93. The number of ether oxygens (including phenoxy) is 1. The van der Waals surface area contributed by atoms with E-state index in [1.54, 1.807) is 31.3 Å². The highest BCUT2D eigenvalue weighted by molar-refractivity contribution is 5.93. The number of hydrogen-bond donors (Lipinski definition) is 1. The van der Waals surface area contributed by atoms with Gasteiger partial charge in [-0.3, -0.25) is 9.59 Å². The summed E-state index contributed by atoms with van der Waals surface area (Å²) in [5.41, 5.74) is 2.62. The number of rotatable bonds is 5. The first-order valence-electron chi connectivity index (χ1n) is 9.30. The molecule has 0 saturated carbocycles. The fourth-order valence-electron chi connectivity index (χ4n) is 3.32. The maximum Gasteiger partial charge on any atom is 0.422 e. The Morgan fingerprint density at radius 3 is 2.60 bits per heavy atom. The van der Waals surface area contributed by atoms with Crippen molar-refractivity contribution >= 4 is 23.6 Å². The molecule has 3 rings (SSSR count). The lowest BCUT2D eigenvalue weighted by molar-refractivity contribution is -0.153. The molecule has 30 heavy (non-hydrogen) atoms. The highest BCUT2D eigenvalue weighted by Crippen LogP contribution is 2.34. The smallest absolute Gasteiger partial charge is 0.422 e. The molecule has 0 fully saturated rings. The van der Waals surface area contributed by atoms with Gasteiger partial charge >= 0.3 is 6.18 Å². The van der Waals surface area contributed by atoms with Gasteiger partial charge < -0.3 is 15.0 Å². The van der Waals surface area contributed by atoms with Gasteiger partial charge in [-0.2, -0.15) is 13.2 Å². The Kier molecular flexibility index (Phi) is 6.14. The Labute approximate surface area is 172 Å². The highest BCUT2D eigenvalue weighted by atomic mass is 19.4. The minimum Gasteiger partial charge on any atom is -0.482 e. The van der Waals surface area contributed by atoms with Crippen LogP contribution in [0.2, 0.25) is 0 Å². The van der Waals surface area contributed by atoms with Crippen molar-refractivity contribution in [3.05, 3.63) is 65.4 Å². The van der Waals surface area contributed by atoms with E-state index >= 15 is 0 Å². The fourth-order valence-corrected chi connectivity index (χ4v) is 3.32. The zero-order valence-corrected chi connectivity index (χ0v) is 16.5. The van der Waals surface area contributed by atoms with Crippen molar-refractivity contribution in [3.8, 4) is 5.75 Å². The molecule has 1 heterocycles. The largest absolute Gasteiger partial charge is 0.482 e. The Morgan fingerprint density at radius 1 is 1.17 bits per heavy atom. The Morgan fingerprint density at radius 2 is 1.90 bits per heavy atom. The third-order valence-corrected chi connectivity index (χ3v) is 4.65. The monoisotopic (exact) mass is 418 g/mol. The maximum absolute atomic E-state index is 12.8. The standard InChI is InChI=1S/C22H21F3N2O3/c1-14-7-8-20(30-13-22(23,24)25)18(11-14)26-21(29)12-19-17-6-4-3-5-16(17)9-10-27(19)15(2)28/h3-11,19H,12-13H2,1-2H3,(H,26,29)/t19-/m1/s1. The molecule has 0 aromatic heterocycles. The van der Waals surface area contributed by atoms with Crippen molar-refractivity contribution in [2.75, 3.05) is 11.9 Å². The molecule has 1 atom stereocenters. The van der Waals surface area contributed by atoms with E-state index in [0.717, 1.165) is 16.7 Å². The summed E-state index contributed by atoms with van der Waals surface area (Å²) in [5, 5.41) is 2.63. The number of nitrogens with zero attached hydrogens (tertiary/aromatic N) is 1. The van der Waals surface area contributed by atoms with E-state index in [0.29, 0.717) is 0 Å². The molecule has 2 amide bonds. The number of hydrogen-bond acceptors (Lipinski definition) is 3. The van der Waals surface area contributed by atoms with E-state index in [-0.39, 0.29) is 23.8 Å². The van der Waals surface area contributed by atoms with E-state index < -0.39 is 24.7 Å². The third-order valence-electron chi connectivity index (χ3n) is 4.65. The van der Waals surface area contributed by atoms with Crippen LogP contribution in [0.5, 0.6) is 5.75 Å². The average Bonchev–Trinajstić information content (AvgIpc) is 2.66. The summed E-state index contributed by atoms with van der Waals surface area (Å²) in [4.78, 5) is 26.3. The van der Waals surface area contributed by atoms with Crippen LogP contribution in [0.1, 0.15) is 36.1 Å². The lowest BCUT2D eigenvalue weighted by Crippen LogP contribution is -2.33. The van der Waals surface area contributed by atoms with Gasteiger partial charge in [0, 0.05) is 13.1 Å².